The number of methoxy groups -OCH3 is 1. The summed E-state index contributed by atoms with van der Waals surface area (Å²) in [5.41, 5.74) is 5.60. The second-order valence-electron chi connectivity index (χ2n) is 10.7. The maximum Gasteiger partial charge on any atom is 0.202 e. The number of phenols is 2. The Morgan fingerprint density at radius 1 is 1.21 bits per heavy atom. The number of fused-ring (bicyclic) bond motifs is 3. The van der Waals surface area contributed by atoms with Crippen LogP contribution in [0.4, 0.5) is 0 Å². The summed E-state index contributed by atoms with van der Waals surface area (Å²) in [5.74, 6) is -2.57. The number of ketones is 2. The average Bonchev–Trinajstić information content (AvgIpc) is 2.96. The molecule has 13 nitrogen and oxygen atoms in total. The number of hydrazone groups is 1. The average molecular weight is 644 g/mol. The molecule has 43 heavy (non-hydrogen) atoms. The molecule has 3 aliphatic rings. The number of nitrogens with one attached hydrogen (secondary N) is 1. The van der Waals surface area contributed by atoms with Crippen molar-refractivity contribution in [1.82, 2.24) is 5.43 Å². The van der Waals surface area contributed by atoms with Gasteiger partial charge >= 0.3 is 0 Å². The first kappa shape index (κ1) is 32.8. The number of hydrogen-bond donors (Lipinski definition) is 7. The number of phenolic OH excluding ortho intramolecular Hbond substituents is 2. The van der Waals surface area contributed by atoms with Gasteiger partial charge in [-0.25, -0.2) is 0 Å². The van der Waals surface area contributed by atoms with E-state index in [1.165, 1.54) is 25.3 Å². The SMILES string of the molecule is [CH2-]CN/N=C(\CO)[C@]1(O)Cc2c(O)c3c(c(O)c2[C@@H](OC2CC(N)C(O)C(C)O2)C1)C(=O)c1c(OC)cccc1C3=O.[Co]. The number of carbonyl (C=O) groups excluding carboxylic acids is 2. The maximum absolute atomic E-state index is 13.8. The molecule has 0 amide bonds. The van der Waals surface area contributed by atoms with Crippen LogP contribution < -0.4 is 15.9 Å². The minimum Gasteiger partial charge on any atom is -0.507 e. The van der Waals surface area contributed by atoms with Crippen LogP contribution in [-0.4, -0.2) is 93.2 Å². The summed E-state index contributed by atoms with van der Waals surface area (Å²) in [6.45, 7) is 4.70. The van der Waals surface area contributed by atoms with Crippen LogP contribution in [0.5, 0.6) is 17.2 Å². The summed E-state index contributed by atoms with van der Waals surface area (Å²) in [6.07, 6.45) is -4.54. The number of nitrogens with two attached hydrogens (primary N) is 1. The molecular weight excluding hydrogens is 609 g/mol. The quantitative estimate of drug-likeness (QED) is 0.0797. The van der Waals surface area contributed by atoms with E-state index in [2.05, 4.69) is 17.5 Å². The first-order valence-electron chi connectivity index (χ1n) is 13.5. The van der Waals surface area contributed by atoms with Crippen molar-refractivity contribution < 1.29 is 66.1 Å². The number of carbonyl (C=O) groups is 2. The third kappa shape index (κ3) is 5.42. The fraction of sp³-hybridized carbons (Fsp3) is 0.448. The van der Waals surface area contributed by atoms with Gasteiger partial charge in [0.05, 0.1) is 54.4 Å². The predicted octanol–water partition coefficient (Wildman–Crippen LogP) is 0.209. The van der Waals surface area contributed by atoms with Crippen LogP contribution in [0.25, 0.3) is 0 Å². The Bertz CT molecular complexity index is 1450. The molecule has 14 heteroatoms. The molecule has 0 spiro atoms. The van der Waals surface area contributed by atoms with Crippen molar-refractivity contribution in [2.75, 3.05) is 20.3 Å². The van der Waals surface area contributed by atoms with Crippen LogP contribution >= 0.6 is 0 Å². The molecule has 1 radical (unpaired) electrons. The second-order valence-corrected chi connectivity index (χ2v) is 10.7. The smallest absolute Gasteiger partial charge is 0.202 e. The van der Waals surface area contributed by atoms with Gasteiger partial charge in [-0.05, 0) is 13.0 Å². The molecule has 1 fully saturated rings. The summed E-state index contributed by atoms with van der Waals surface area (Å²) in [5, 5.41) is 59.4. The standard InChI is InChI=1S/C29H34N3O10.Co/c1-4-31-32-18(11-33)29(39)9-14-21(17(10-29)42-19-8-15(30)24(34)12(2)41-19)28(38)23-22(26(14)36)25(35)13-6-5-7-16(40-3)20(13)27(23)37;/h5-7,12,15,17,19,24,31,33-34,36,38-39H,1,4,8-11,30H2,2-3H3;/q-1;/b32-18+;/t12?,15?,17-,19?,24?,29-;/m0./s1. The van der Waals surface area contributed by atoms with Crippen molar-refractivity contribution in [1.29, 1.82) is 0 Å². The van der Waals surface area contributed by atoms with Gasteiger partial charge in [0.2, 0.25) is 5.78 Å². The van der Waals surface area contributed by atoms with Crippen molar-refractivity contribution >= 4 is 17.3 Å². The van der Waals surface area contributed by atoms with E-state index in [-0.39, 0.29) is 76.3 Å². The molecule has 0 bridgehead atoms. The zero-order chi connectivity index (χ0) is 30.5. The first-order chi connectivity index (χ1) is 20.0. The van der Waals surface area contributed by atoms with Crippen molar-refractivity contribution in [3.05, 3.63) is 58.5 Å². The van der Waals surface area contributed by atoms with Crippen LogP contribution in [0.1, 0.15) is 68.8 Å². The molecule has 1 saturated heterocycles. The Balaban J connectivity index is 0.00000423. The van der Waals surface area contributed by atoms with Crippen molar-refractivity contribution in [3.63, 3.8) is 0 Å². The van der Waals surface area contributed by atoms with Gasteiger partial charge in [-0.1, -0.05) is 18.7 Å². The van der Waals surface area contributed by atoms with Crippen LogP contribution in [-0.2, 0) is 32.7 Å². The number of ether oxygens (including phenoxy) is 3. The molecule has 1 heterocycles. The Morgan fingerprint density at radius 2 is 1.91 bits per heavy atom. The predicted molar refractivity (Wildman–Crippen MR) is 148 cm³/mol. The largest absolute Gasteiger partial charge is 0.507 e. The number of aliphatic hydroxyl groups excluding tert-OH is 2. The number of benzene rings is 2. The van der Waals surface area contributed by atoms with E-state index in [0.717, 1.165) is 0 Å². The second kappa shape index (κ2) is 12.5. The fourth-order valence-corrected chi connectivity index (χ4v) is 6.05. The molecule has 4 unspecified atom stereocenters. The Hall–Kier alpha value is -3.08. The molecular formula is C29H34CoN3O10-. The number of aliphatic hydroxyl groups is 3. The summed E-state index contributed by atoms with van der Waals surface area (Å²) in [7, 11) is 1.34. The zero-order valence-electron chi connectivity index (χ0n) is 23.5. The molecule has 6 atom stereocenters. The molecule has 8 N–H and O–H groups in total. The van der Waals surface area contributed by atoms with E-state index in [0.29, 0.717) is 0 Å². The molecule has 235 valence electrons. The van der Waals surface area contributed by atoms with Gasteiger partial charge in [0.15, 0.2) is 12.1 Å². The van der Waals surface area contributed by atoms with E-state index in [4.69, 9.17) is 19.9 Å². The Labute approximate surface area is 257 Å². The van der Waals surface area contributed by atoms with E-state index in [9.17, 15) is 35.1 Å². The number of rotatable bonds is 7. The van der Waals surface area contributed by atoms with Gasteiger partial charge in [-0.3, -0.25) is 9.59 Å². The van der Waals surface area contributed by atoms with Crippen LogP contribution in [0, 0.1) is 6.92 Å². The minimum atomic E-state index is -1.93. The van der Waals surface area contributed by atoms with Gasteiger partial charge in [-0.15, -0.1) is 0 Å². The number of nitrogens with zero attached hydrogens (tertiary/aromatic N) is 1. The minimum absolute atomic E-state index is 0. The summed E-state index contributed by atoms with van der Waals surface area (Å²) >= 11 is 0. The van der Waals surface area contributed by atoms with Gasteiger partial charge in [0, 0.05) is 58.8 Å². The molecule has 5 rings (SSSR count). The molecule has 2 aliphatic carbocycles. The molecule has 2 aromatic rings. The van der Waals surface area contributed by atoms with Crippen molar-refractivity contribution in [3.8, 4) is 17.2 Å². The van der Waals surface area contributed by atoms with Crippen LogP contribution in [0.3, 0.4) is 0 Å². The topological polar surface area (TPSA) is 213 Å². The fourth-order valence-electron chi connectivity index (χ4n) is 6.05. The van der Waals surface area contributed by atoms with Gasteiger partial charge in [-0.2, -0.15) is 5.10 Å². The normalized spacial score (nSPS) is 28.3. The summed E-state index contributed by atoms with van der Waals surface area (Å²) < 4.78 is 17.3. The van der Waals surface area contributed by atoms with Gasteiger partial charge in [0.25, 0.3) is 0 Å². The van der Waals surface area contributed by atoms with Gasteiger partial charge < -0.3 is 57.8 Å². The molecule has 2 aromatic carbocycles. The third-order valence-electron chi connectivity index (χ3n) is 8.16. The van der Waals surface area contributed by atoms with Crippen molar-refractivity contribution in [2.24, 2.45) is 10.8 Å². The summed E-state index contributed by atoms with van der Waals surface area (Å²) in [4.78, 5) is 27.4. The van der Waals surface area contributed by atoms with E-state index in [1.54, 1.807) is 6.92 Å². The maximum atomic E-state index is 13.8. The van der Waals surface area contributed by atoms with E-state index in [1.807, 2.05) is 0 Å². The molecule has 1 aliphatic heterocycles. The van der Waals surface area contributed by atoms with Gasteiger partial charge in [0.1, 0.15) is 22.8 Å². The Morgan fingerprint density at radius 3 is 2.53 bits per heavy atom. The molecule has 0 aromatic heterocycles. The zero-order valence-corrected chi connectivity index (χ0v) is 24.5. The molecule has 0 saturated carbocycles. The van der Waals surface area contributed by atoms with Crippen molar-refractivity contribution in [2.45, 2.75) is 62.4 Å². The van der Waals surface area contributed by atoms with E-state index >= 15 is 0 Å². The summed E-state index contributed by atoms with van der Waals surface area (Å²) in [6, 6.07) is 3.74. The number of aromatic hydroxyl groups is 2. The number of hydrogen-bond acceptors (Lipinski definition) is 13. The first-order valence-corrected chi connectivity index (χ1v) is 13.5. The Kier molecular flexibility index (Phi) is 9.54. The third-order valence-corrected chi connectivity index (χ3v) is 8.16. The van der Waals surface area contributed by atoms with E-state index < -0.39 is 77.0 Å². The van der Waals surface area contributed by atoms with Crippen LogP contribution in [0.15, 0.2) is 23.3 Å². The van der Waals surface area contributed by atoms with Crippen LogP contribution in [0.2, 0.25) is 0 Å². The monoisotopic (exact) mass is 643 g/mol.